The molecule has 98 valence electrons. The van der Waals surface area contributed by atoms with Crippen LogP contribution in [0.25, 0.3) is 0 Å². The van der Waals surface area contributed by atoms with Gasteiger partial charge >= 0.3 is 12.0 Å². The number of nitrogens with zero attached hydrogens (tertiary/aromatic N) is 2. The number of carboxylic acid groups (broad SMARTS) is 1. The summed E-state index contributed by atoms with van der Waals surface area (Å²) in [5.74, 6) is -1.37. The topological polar surface area (TPSA) is 103 Å². The predicted molar refractivity (Wildman–Crippen MR) is 62.7 cm³/mol. The molecule has 0 radical (unpaired) electrons. The average Bonchev–Trinajstić information content (AvgIpc) is 2.36. The number of aliphatic carboxylic acids is 1. The van der Waals surface area contributed by atoms with Crippen LogP contribution in [0, 0.1) is 0 Å². The molecule has 1 aromatic heterocycles. The van der Waals surface area contributed by atoms with E-state index in [2.05, 4.69) is 10.3 Å². The van der Waals surface area contributed by atoms with Crippen molar-refractivity contribution in [1.29, 1.82) is 0 Å². The van der Waals surface area contributed by atoms with Gasteiger partial charge < -0.3 is 20.4 Å². The fourth-order valence-electron chi connectivity index (χ4n) is 1.24. The summed E-state index contributed by atoms with van der Waals surface area (Å²) in [5.41, 5.74) is 0.904. The molecule has 0 saturated carbocycles. The Morgan fingerprint density at radius 3 is 2.61 bits per heavy atom. The maximum absolute atomic E-state index is 11.6. The molecule has 1 unspecified atom stereocenters. The summed E-state index contributed by atoms with van der Waals surface area (Å²) in [6.07, 6.45) is 1.65. The number of aliphatic hydroxyl groups is 1. The number of pyridine rings is 1. The van der Waals surface area contributed by atoms with Gasteiger partial charge in [0.25, 0.3) is 0 Å². The zero-order valence-electron chi connectivity index (χ0n) is 9.91. The van der Waals surface area contributed by atoms with Crippen molar-refractivity contribution in [2.75, 3.05) is 13.6 Å². The van der Waals surface area contributed by atoms with Crippen molar-refractivity contribution in [3.8, 4) is 0 Å². The van der Waals surface area contributed by atoms with Crippen molar-refractivity contribution in [2.45, 2.75) is 12.6 Å². The Kier molecular flexibility index (Phi) is 5.06. The van der Waals surface area contributed by atoms with Crippen LogP contribution in [-0.4, -0.2) is 51.8 Å². The summed E-state index contributed by atoms with van der Waals surface area (Å²) >= 11 is 0. The Morgan fingerprint density at radius 1 is 1.44 bits per heavy atom. The highest BCUT2D eigenvalue weighted by Crippen LogP contribution is 2.00. The predicted octanol–water partition coefficient (Wildman–Crippen LogP) is -0.332. The first-order chi connectivity index (χ1) is 8.50. The SMILES string of the molecule is CN(Cc1ccncc1)C(=O)NCC(O)C(=O)O. The molecular formula is C11H15N3O4. The second-order valence-electron chi connectivity index (χ2n) is 3.75. The van der Waals surface area contributed by atoms with Gasteiger partial charge in [0.1, 0.15) is 0 Å². The van der Waals surface area contributed by atoms with E-state index in [9.17, 15) is 9.59 Å². The molecule has 2 amide bonds. The molecule has 1 heterocycles. The molecule has 7 nitrogen and oxygen atoms in total. The molecule has 1 aromatic rings. The molecule has 0 bridgehead atoms. The van der Waals surface area contributed by atoms with Gasteiger partial charge in [-0.1, -0.05) is 0 Å². The van der Waals surface area contributed by atoms with Gasteiger partial charge in [0.2, 0.25) is 0 Å². The molecule has 0 spiro atoms. The minimum absolute atomic E-state index is 0.325. The normalized spacial score (nSPS) is 11.7. The third-order valence-electron chi connectivity index (χ3n) is 2.25. The molecule has 7 heteroatoms. The quantitative estimate of drug-likeness (QED) is 0.666. The number of urea groups is 1. The maximum atomic E-state index is 11.6. The molecule has 0 aromatic carbocycles. The smallest absolute Gasteiger partial charge is 0.334 e. The number of aromatic nitrogens is 1. The highest BCUT2D eigenvalue weighted by molar-refractivity contribution is 5.76. The Labute approximate surface area is 104 Å². The lowest BCUT2D eigenvalue weighted by atomic mass is 10.2. The average molecular weight is 253 g/mol. The summed E-state index contributed by atoms with van der Waals surface area (Å²) in [4.78, 5) is 27.2. The summed E-state index contributed by atoms with van der Waals surface area (Å²) < 4.78 is 0. The van der Waals surface area contributed by atoms with Gasteiger partial charge in [-0.25, -0.2) is 9.59 Å². The van der Waals surface area contributed by atoms with Crippen molar-refractivity contribution in [1.82, 2.24) is 15.2 Å². The monoisotopic (exact) mass is 253 g/mol. The third kappa shape index (κ3) is 4.38. The Morgan fingerprint density at radius 2 is 2.06 bits per heavy atom. The van der Waals surface area contributed by atoms with Crippen LogP contribution >= 0.6 is 0 Å². The lowest BCUT2D eigenvalue weighted by Crippen LogP contribution is -2.42. The van der Waals surface area contributed by atoms with Gasteiger partial charge in [-0.3, -0.25) is 4.98 Å². The third-order valence-corrected chi connectivity index (χ3v) is 2.25. The second-order valence-corrected chi connectivity index (χ2v) is 3.75. The number of hydrogen-bond donors (Lipinski definition) is 3. The molecule has 1 atom stereocenters. The summed E-state index contributed by atoms with van der Waals surface area (Å²) in [6, 6.07) is 3.10. The zero-order valence-corrected chi connectivity index (χ0v) is 9.91. The highest BCUT2D eigenvalue weighted by atomic mass is 16.4. The van der Waals surface area contributed by atoms with Gasteiger partial charge in [-0.2, -0.15) is 0 Å². The van der Waals surface area contributed by atoms with E-state index in [1.54, 1.807) is 31.6 Å². The van der Waals surface area contributed by atoms with E-state index in [-0.39, 0.29) is 6.54 Å². The Hall–Kier alpha value is -2.15. The number of rotatable bonds is 5. The minimum atomic E-state index is -1.59. The van der Waals surface area contributed by atoms with Crippen LogP contribution in [0.4, 0.5) is 4.79 Å². The number of carbonyl (C=O) groups is 2. The number of amides is 2. The number of nitrogens with one attached hydrogen (secondary N) is 1. The maximum Gasteiger partial charge on any atom is 0.334 e. The Balaban J connectivity index is 2.40. The van der Waals surface area contributed by atoms with E-state index < -0.39 is 18.1 Å². The lowest BCUT2D eigenvalue weighted by Gasteiger charge is -2.18. The van der Waals surface area contributed by atoms with E-state index in [4.69, 9.17) is 10.2 Å². The largest absolute Gasteiger partial charge is 0.479 e. The van der Waals surface area contributed by atoms with Gasteiger partial charge in [0.15, 0.2) is 6.10 Å². The summed E-state index contributed by atoms with van der Waals surface area (Å²) in [7, 11) is 1.57. The molecule has 0 aliphatic heterocycles. The van der Waals surface area contributed by atoms with Crippen LogP contribution in [0.2, 0.25) is 0 Å². The minimum Gasteiger partial charge on any atom is -0.479 e. The van der Waals surface area contributed by atoms with Gasteiger partial charge in [-0.15, -0.1) is 0 Å². The fourth-order valence-corrected chi connectivity index (χ4v) is 1.24. The van der Waals surface area contributed by atoms with Crippen LogP contribution < -0.4 is 5.32 Å². The number of aliphatic hydroxyl groups excluding tert-OH is 1. The molecule has 1 rings (SSSR count). The van der Waals surface area contributed by atoms with Crippen molar-refractivity contribution >= 4 is 12.0 Å². The molecule has 0 aliphatic carbocycles. The van der Waals surface area contributed by atoms with E-state index in [1.165, 1.54) is 4.90 Å². The molecule has 18 heavy (non-hydrogen) atoms. The van der Waals surface area contributed by atoms with E-state index >= 15 is 0 Å². The second kappa shape index (κ2) is 6.55. The van der Waals surface area contributed by atoms with Gasteiger partial charge in [0.05, 0.1) is 6.54 Å². The van der Waals surface area contributed by atoms with Gasteiger partial charge in [0, 0.05) is 26.0 Å². The van der Waals surface area contributed by atoms with Crippen LogP contribution in [-0.2, 0) is 11.3 Å². The van der Waals surface area contributed by atoms with Crippen molar-refractivity contribution in [3.63, 3.8) is 0 Å². The number of carboxylic acids is 1. The first kappa shape index (κ1) is 13.9. The molecule has 0 aliphatic rings. The van der Waals surface area contributed by atoms with Crippen molar-refractivity contribution in [3.05, 3.63) is 30.1 Å². The standard InChI is InChI=1S/C11H15N3O4/c1-14(7-8-2-4-12-5-3-8)11(18)13-6-9(15)10(16)17/h2-5,9,15H,6-7H2,1H3,(H,13,18)(H,16,17). The zero-order chi connectivity index (χ0) is 13.5. The Bertz CT molecular complexity index is 410. The molecule has 0 fully saturated rings. The van der Waals surface area contributed by atoms with Crippen molar-refractivity contribution in [2.24, 2.45) is 0 Å². The van der Waals surface area contributed by atoms with E-state index in [0.29, 0.717) is 6.54 Å². The molecule has 0 saturated heterocycles. The van der Waals surface area contributed by atoms with E-state index in [1.807, 2.05) is 0 Å². The highest BCUT2D eigenvalue weighted by Gasteiger charge is 2.15. The van der Waals surface area contributed by atoms with Crippen LogP contribution in [0.15, 0.2) is 24.5 Å². The number of carbonyl (C=O) groups excluding carboxylic acids is 1. The van der Waals surface area contributed by atoms with Crippen LogP contribution in [0.3, 0.4) is 0 Å². The summed E-state index contributed by atoms with van der Waals surface area (Å²) in [6.45, 7) is 0.0480. The van der Waals surface area contributed by atoms with E-state index in [0.717, 1.165) is 5.56 Å². The number of hydrogen-bond acceptors (Lipinski definition) is 4. The van der Waals surface area contributed by atoms with Crippen LogP contribution in [0.5, 0.6) is 0 Å². The first-order valence-corrected chi connectivity index (χ1v) is 5.29. The van der Waals surface area contributed by atoms with Gasteiger partial charge in [-0.05, 0) is 17.7 Å². The van der Waals surface area contributed by atoms with Crippen molar-refractivity contribution < 1.29 is 19.8 Å². The molecule has 3 N–H and O–H groups in total. The van der Waals surface area contributed by atoms with Crippen LogP contribution in [0.1, 0.15) is 5.56 Å². The first-order valence-electron chi connectivity index (χ1n) is 5.29. The summed E-state index contributed by atoms with van der Waals surface area (Å²) in [5, 5.41) is 19.8. The molecular weight excluding hydrogens is 238 g/mol. The lowest BCUT2D eigenvalue weighted by molar-refractivity contribution is -0.146. The fraction of sp³-hybridized carbons (Fsp3) is 0.364.